The largest absolute Gasteiger partial charge is 0.0760 e. The van der Waals surface area contributed by atoms with Crippen LogP contribution in [0.4, 0.5) is 0 Å². The highest BCUT2D eigenvalue weighted by atomic mass is 14.3. The molecule has 0 aliphatic heterocycles. The highest BCUT2D eigenvalue weighted by Gasteiger charge is 2.20. The highest BCUT2D eigenvalue weighted by molar-refractivity contribution is 5.75. The summed E-state index contributed by atoms with van der Waals surface area (Å²) < 4.78 is 0. The van der Waals surface area contributed by atoms with E-state index in [1.54, 1.807) is 5.57 Å². The molecule has 0 N–H and O–H groups in total. The highest BCUT2D eigenvalue weighted by Crippen LogP contribution is 2.37. The molecule has 128 valence electrons. The lowest BCUT2D eigenvalue weighted by Crippen LogP contribution is -2.04. The van der Waals surface area contributed by atoms with Crippen LogP contribution in [0, 0.1) is 19.8 Å². The summed E-state index contributed by atoms with van der Waals surface area (Å²) in [7, 11) is 0. The average molecular weight is 321 g/mol. The van der Waals surface area contributed by atoms with Gasteiger partial charge in [-0.2, -0.15) is 0 Å². The Morgan fingerprint density at radius 3 is 2.25 bits per heavy atom. The summed E-state index contributed by atoms with van der Waals surface area (Å²) in [4.78, 5) is 0. The first-order chi connectivity index (χ1) is 11.7. The van der Waals surface area contributed by atoms with Gasteiger partial charge in [0.1, 0.15) is 0 Å². The molecule has 24 heavy (non-hydrogen) atoms. The molecule has 0 aromatic heterocycles. The molecule has 0 heteroatoms. The first-order valence-electron chi connectivity index (χ1n) is 9.53. The van der Waals surface area contributed by atoms with Gasteiger partial charge in [-0.25, -0.2) is 0 Å². The first-order valence-corrected chi connectivity index (χ1v) is 9.53. The Hall–Kier alpha value is -1.82. The van der Waals surface area contributed by atoms with E-state index in [-0.39, 0.29) is 0 Å². The fourth-order valence-corrected chi connectivity index (χ4v) is 3.53. The van der Waals surface area contributed by atoms with Crippen molar-refractivity contribution in [2.45, 2.75) is 60.3 Å². The maximum Gasteiger partial charge on any atom is -0.00853 e. The second-order valence-electron chi connectivity index (χ2n) is 6.65. The monoisotopic (exact) mass is 320 g/mol. The van der Waals surface area contributed by atoms with Crippen LogP contribution in [0.3, 0.4) is 0 Å². The Morgan fingerprint density at radius 2 is 1.58 bits per heavy atom. The molecule has 2 aromatic rings. The molecule has 0 fully saturated rings. The Bertz CT molecular complexity index is 674. The van der Waals surface area contributed by atoms with Crippen LogP contribution in [0.2, 0.25) is 0 Å². The van der Waals surface area contributed by atoms with Crippen LogP contribution in [0.1, 0.15) is 61.4 Å². The standard InChI is InChI=1S/C22H26.C2H6/c1-4-19(12-10-18-8-5-16(2)6-9-18)21-14-13-20-11-7-17(3)15-22(20)21;1-2/h5-9,11,14-15,19H,4,10,12-13H2,1-3H3;1-2H3. The van der Waals surface area contributed by atoms with Crippen molar-refractivity contribution in [3.8, 4) is 0 Å². The number of hydrogen-bond acceptors (Lipinski definition) is 0. The number of hydrogen-bond donors (Lipinski definition) is 0. The van der Waals surface area contributed by atoms with E-state index in [2.05, 4.69) is 69.3 Å². The lowest BCUT2D eigenvalue weighted by atomic mass is 9.86. The maximum atomic E-state index is 2.47. The van der Waals surface area contributed by atoms with Crippen molar-refractivity contribution < 1.29 is 0 Å². The Labute approximate surface area is 148 Å². The predicted molar refractivity (Wildman–Crippen MR) is 107 cm³/mol. The van der Waals surface area contributed by atoms with Gasteiger partial charge in [0.25, 0.3) is 0 Å². The van der Waals surface area contributed by atoms with Crippen LogP contribution >= 0.6 is 0 Å². The van der Waals surface area contributed by atoms with Crippen LogP contribution in [-0.4, -0.2) is 0 Å². The van der Waals surface area contributed by atoms with E-state index in [1.165, 1.54) is 47.1 Å². The van der Waals surface area contributed by atoms with Gasteiger partial charge in [-0.3, -0.25) is 0 Å². The Morgan fingerprint density at radius 1 is 0.917 bits per heavy atom. The van der Waals surface area contributed by atoms with E-state index < -0.39 is 0 Å². The van der Waals surface area contributed by atoms with Crippen LogP contribution < -0.4 is 0 Å². The quantitative estimate of drug-likeness (QED) is 0.560. The van der Waals surface area contributed by atoms with E-state index in [1.807, 2.05) is 13.8 Å². The van der Waals surface area contributed by atoms with Crippen LogP contribution in [0.5, 0.6) is 0 Å². The Kier molecular flexibility index (Phi) is 6.85. The van der Waals surface area contributed by atoms with Crippen molar-refractivity contribution in [3.63, 3.8) is 0 Å². The minimum absolute atomic E-state index is 0.685. The summed E-state index contributed by atoms with van der Waals surface area (Å²) in [5.74, 6) is 0.685. The minimum Gasteiger partial charge on any atom is -0.0760 e. The summed E-state index contributed by atoms with van der Waals surface area (Å²) >= 11 is 0. The van der Waals surface area contributed by atoms with Gasteiger partial charge >= 0.3 is 0 Å². The van der Waals surface area contributed by atoms with Crippen LogP contribution in [0.15, 0.2) is 48.5 Å². The van der Waals surface area contributed by atoms with Gasteiger partial charge in [0, 0.05) is 0 Å². The SMILES string of the molecule is CC.CCC(CCc1ccc(C)cc1)C1=CCc2ccc(C)cc21. The molecule has 0 amide bonds. The zero-order valence-corrected chi connectivity index (χ0v) is 16.0. The van der Waals surface area contributed by atoms with E-state index in [4.69, 9.17) is 0 Å². The maximum absolute atomic E-state index is 2.47. The number of allylic oxidation sites excluding steroid dienone is 2. The molecule has 3 rings (SSSR count). The molecule has 1 aliphatic rings. The van der Waals surface area contributed by atoms with E-state index in [0.29, 0.717) is 5.92 Å². The van der Waals surface area contributed by atoms with Gasteiger partial charge in [-0.15, -0.1) is 0 Å². The third-order valence-electron chi connectivity index (χ3n) is 4.95. The van der Waals surface area contributed by atoms with E-state index in [9.17, 15) is 0 Å². The first kappa shape index (κ1) is 18.5. The average Bonchev–Trinajstić information content (AvgIpc) is 3.02. The number of fused-ring (bicyclic) bond motifs is 1. The van der Waals surface area contributed by atoms with Crippen molar-refractivity contribution in [1.29, 1.82) is 0 Å². The second-order valence-corrected chi connectivity index (χ2v) is 6.65. The molecule has 1 aliphatic carbocycles. The van der Waals surface area contributed by atoms with Gasteiger partial charge in [-0.1, -0.05) is 80.4 Å². The van der Waals surface area contributed by atoms with Crippen molar-refractivity contribution in [3.05, 3.63) is 76.4 Å². The third-order valence-corrected chi connectivity index (χ3v) is 4.95. The number of aryl methyl sites for hydroxylation is 3. The minimum atomic E-state index is 0.685. The van der Waals surface area contributed by atoms with Crippen molar-refractivity contribution >= 4 is 5.57 Å². The lowest BCUT2D eigenvalue weighted by Gasteiger charge is -2.18. The number of rotatable bonds is 5. The molecule has 0 radical (unpaired) electrons. The van der Waals surface area contributed by atoms with Crippen LogP contribution in [-0.2, 0) is 12.8 Å². The molecule has 1 unspecified atom stereocenters. The molecule has 0 bridgehead atoms. The normalized spacial score (nSPS) is 13.6. The summed E-state index contributed by atoms with van der Waals surface area (Å²) in [6.07, 6.45) is 7.24. The molecule has 0 saturated heterocycles. The summed E-state index contributed by atoms with van der Waals surface area (Å²) in [5.41, 5.74) is 8.80. The fraction of sp³-hybridized carbons (Fsp3) is 0.417. The molecule has 2 aromatic carbocycles. The van der Waals surface area contributed by atoms with Crippen molar-refractivity contribution in [2.24, 2.45) is 5.92 Å². The molecular formula is C24H32. The summed E-state index contributed by atoms with van der Waals surface area (Å²) in [6.45, 7) is 10.7. The molecule has 0 saturated carbocycles. The van der Waals surface area contributed by atoms with Gasteiger partial charge in [0.05, 0.1) is 0 Å². The molecule has 0 spiro atoms. The lowest BCUT2D eigenvalue weighted by molar-refractivity contribution is 0.589. The molecule has 0 heterocycles. The van der Waals surface area contributed by atoms with Crippen molar-refractivity contribution in [1.82, 2.24) is 0 Å². The van der Waals surface area contributed by atoms with Gasteiger partial charge in [-0.05, 0) is 67.7 Å². The van der Waals surface area contributed by atoms with E-state index >= 15 is 0 Å². The van der Waals surface area contributed by atoms with Gasteiger partial charge in [0.2, 0.25) is 0 Å². The summed E-state index contributed by atoms with van der Waals surface area (Å²) in [5, 5.41) is 0. The van der Waals surface area contributed by atoms with E-state index in [0.717, 1.165) is 6.42 Å². The third kappa shape index (κ3) is 4.38. The van der Waals surface area contributed by atoms with Crippen molar-refractivity contribution in [2.75, 3.05) is 0 Å². The summed E-state index contributed by atoms with van der Waals surface area (Å²) in [6, 6.07) is 15.9. The zero-order valence-electron chi connectivity index (χ0n) is 16.0. The van der Waals surface area contributed by atoms with Gasteiger partial charge < -0.3 is 0 Å². The fourth-order valence-electron chi connectivity index (χ4n) is 3.53. The second kappa shape index (κ2) is 8.87. The van der Waals surface area contributed by atoms with Crippen LogP contribution in [0.25, 0.3) is 5.57 Å². The predicted octanol–water partition coefficient (Wildman–Crippen LogP) is 6.93. The molecule has 1 atom stereocenters. The van der Waals surface area contributed by atoms with Gasteiger partial charge in [0.15, 0.2) is 0 Å². The topological polar surface area (TPSA) is 0 Å². The number of benzene rings is 2. The molecular weight excluding hydrogens is 288 g/mol. The molecule has 0 nitrogen and oxygen atoms in total. The Balaban J connectivity index is 0.00000100. The zero-order chi connectivity index (χ0) is 17.5. The smallest absolute Gasteiger partial charge is 0.00853 e.